The maximum absolute atomic E-state index is 6.41. The fourth-order valence-corrected chi connectivity index (χ4v) is 2.93. The predicted molar refractivity (Wildman–Crippen MR) is 74.3 cm³/mol. The lowest BCUT2D eigenvalue weighted by molar-refractivity contribution is 0.414. The van der Waals surface area contributed by atoms with E-state index in [0.29, 0.717) is 0 Å². The van der Waals surface area contributed by atoms with Gasteiger partial charge in [-0.3, -0.25) is 0 Å². The largest absolute Gasteiger partial charge is 0.497 e. The molecule has 2 rings (SSSR count). The summed E-state index contributed by atoms with van der Waals surface area (Å²) in [6, 6.07) is 12.3. The zero-order valence-electron chi connectivity index (χ0n) is 9.94. The lowest BCUT2D eigenvalue weighted by atomic mass is 10.1. The lowest BCUT2D eigenvalue weighted by Crippen LogP contribution is -1.93. The molecule has 2 aromatic rings. The third-order valence-corrected chi connectivity index (χ3v) is 4.28. The van der Waals surface area contributed by atoms with Crippen LogP contribution in [0.5, 0.6) is 5.75 Å². The van der Waals surface area contributed by atoms with Crippen molar-refractivity contribution in [1.82, 2.24) is 0 Å². The van der Waals surface area contributed by atoms with Gasteiger partial charge >= 0.3 is 0 Å². The molecule has 1 unspecified atom stereocenters. The Morgan fingerprint density at radius 1 is 1.18 bits per heavy atom. The summed E-state index contributed by atoms with van der Waals surface area (Å²) >= 11 is 8.17. The van der Waals surface area contributed by atoms with E-state index < -0.39 is 0 Å². The summed E-state index contributed by atoms with van der Waals surface area (Å²) < 4.78 is 5.13. The quantitative estimate of drug-likeness (QED) is 0.736. The van der Waals surface area contributed by atoms with E-state index in [1.54, 1.807) is 18.4 Å². The van der Waals surface area contributed by atoms with Crippen LogP contribution < -0.4 is 4.74 Å². The van der Waals surface area contributed by atoms with Crippen LogP contribution in [0.4, 0.5) is 0 Å². The van der Waals surface area contributed by atoms with Crippen molar-refractivity contribution in [1.29, 1.82) is 0 Å². The van der Waals surface area contributed by atoms with E-state index >= 15 is 0 Å². The second kappa shape index (κ2) is 5.56. The number of benzene rings is 1. The Labute approximate surface area is 111 Å². The van der Waals surface area contributed by atoms with Crippen LogP contribution in [0.25, 0.3) is 0 Å². The molecule has 1 aromatic carbocycles. The molecular weight excluding hydrogens is 252 g/mol. The molecule has 0 fully saturated rings. The van der Waals surface area contributed by atoms with Crippen LogP contribution in [-0.2, 0) is 6.42 Å². The van der Waals surface area contributed by atoms with Crippen LogP contribution >= 0.6 is 22.9 Å². The van der Waals surface area contributed by atoms with Crippen LogP contribution in [0.15, 0.2) is 36.4 Å². The molecule has 1 heterocycles. The molecule has 0 saturated heterocycles. The van der Waals surface area contributed by atoms with Crippen molar-refractivity contribution in [2.45, 2.75) is 18.7 Å². The monoisotopic (exact) mass is 266 g/mol. The van der Waals surface area contributed by atoms with E-state index in [4.69, 9.17) is 16.3 Å². The highest BCUT2D eigenvalue weighted by molar-refractivity contribution is 7.12. The highest BCUT2D eigenvalue weighted by Gasteiger charge is 2.10. The first-order valence-corrected chi connectivity index (χ1v) is 6.77. The van der Waals surface area contributed by atoms with Gasteiger partial charge in [0.05, 0.1) is 12.5 Å². The van der Waals surface area contributed by atoms with Crippen molar-refractivity contribution in [2.24, 2.45) is 0 Å². The summed E-state index contributed by atoms with van der Waals surface area (Å²) in [5.41, 5.74) is 1.23. The maximum Gasteiger partial charge on any atom is 0.118 e. The number of alkyl halides is 1. The molecule has 1 atom stereocenters. The van der Waals surface area contributed by atoms with Crippen molar-refractivity contribution >= 4 is 22.9 Å². The van der Waals surface area contributed by atoms with E-state index in [0.717, 1.165) is 12.2 Å². The summed E-state index contributed by atoms with van der Waals surface area (Å²) in [6.07, 6.45) is 0.853. The minimum absolute atomic E-state index is 0.0575. The average Bonchev–Trinajstić information content (AvgIpc) is 2.77. The van der Waals surface area contributed by atoms with Gasteiger partial charge < -0.3 is 4.74 Å². The number of methoxy groups -OCH3 is 1. The SMILES string of the molecule is COc1ccc(CC(Cl)c2ccc(C)s2)cc1. The van der Waals surface area contributed by atoms with Gasteiger partial charge in [0.1, 0.15) is 5.75 Å². The highest BCUT2D eigenvalue weighted by Crippen LogP contribution is 2.30. The topological polar surface area (TPSA) is 9.23 Å². The van der Waals surface area contributed by atoms with Crippen LogP contribution in [0.3, 0.4) is 0 Å². The molecule has 0 bridgehead atoms. The molecular formula is C14H15ClOS. The molecule has 0 aliphatic rings. The number of thiophene rings is 1. The molecule has 1 nitrogen and oxygen atoms in total. The second-order valence-electron chi connectivity index (χ2n) is 3.97. The van der Waals surface area contributed by atoms with Gasteiger partial charge in [0.15, 0.2) is 0 Å². The highest BCUT2D eigenvalue weighted by atomic mass is 35.5. The molecule has 0 radical (unpaired) electrons. The van der Waals surface area contributed by atoms with Crippen LogP contribution in [0.1, 0.15) is 20.7 Å². The Kier molecular flexibility index (Phi) is 4.08. The van der Waals surface area contributed by atoms with Gasteiger partial charge in [-0.15, -0.1) is 22.9 Å². The van der Waals surface area contributed by atoms with Crippen LogP contribution in [0.2, 0.25) is 0 Å². The zero-order valence-corrected chi connectivity index (χ0v) is 11.5. The Morgan fingerprint density at radius 2 is 1.88 bits per heavy atom. The lowest BCUT2D eigenvalue weighted by Gasteiger charge is -2.08. The van der Waals surface area contributed by atoms with Gasteiger partial charge in [0.25, 0.3) is 0 Å². The Bertz CT molecular complexity index is 475. The fourth-order valence-electron chi connectivity index (χ4n) is 1.69. The molecule has 0 aliphatic carbocycles. The molecule has 0 aliphatic heterocycles. The predicted octanol–water partition coefficient (Wildman–Crippen LogP) is 4.59. The first kappa shape index (κ1) is 12.5. The standard InChI is InChI=1S/C14H15ClOS/c1-10-3-8-14(17-10)13(15)9-11-4-6-12(16-2)7-5-11/h3-8,13H,9H2,1-2H3. The number of ether oxygens (including phenoxy) is 1. The molecule has 0 N–H and O–H groups in total. The van der Waals surface area contributed by atoms with Crippen molar-refractivity contribution in [3.63, 3.8) is 0 Å². The van der Waals surface area contributed by atoms with Gasteiger partial charge in [-0.2, -0.15) is 0 Å². The van der Waals surface area contributed by atoms with Gasteiger partial charge in [-0.1, -0.05) is 12.1 Å². The molecule has 90 valence electrons. The van der Waals surface area contributed by atoms with Gasteiger partial charge in [-0.05, 0) is 43.2 Å². The Morgan fingerprint density at radius 3 is 2.41 bits per heavy atom. The average molecular weight is 267 g/mol. The summed E-state index contributed by atoms with van der Waals surface area (Å²) in [6.45, 7) is 2.10. The molecule has 17 heavy (non-hydrogen) atoms. The molecule has 3 heteroatoms. The van der Waals surface area contributed by atoms with Crippen LogP contribution in [-0.4, -0.2) is 7.11 Å². The van der Waals surface area contributed by atoms with Crippen molar-refractivity contribution in [3.8, 4) is 5.75 Å². The van der Waals surface area contributed by atoms with E-state index in [1.807, 2.05) is 12.1 Å². The summed E-state index contributed by atoms with van der Waals surface area (Å²) in [4.78, 5) is 2.54. The van der Waals surface area contributed by atoms with E-state index in [9.17, 15) is 0 Å². The second-order valence-corrected chi connectivity index (χ2v) is 5.81. The van der Waals surface area contributed by atoms with Crippen molar-refractivity contribution in [2.75, 3.05) is 7.11 Å². The molecule has 0 amide bonds. The van der Waals surface area contributed by atoms with Crippen LogP contribution in [0, 0.1) is 6.92 Å². The van der Waals surface area contributed by atoms with E-state index in [2.05, 4.69) is 31.2 Å². The smallest absolute Gasteiger partial charge is 0.118 e. The summed E-state index contributed by atoms with van der Waals surface area (Å²) in [5.74, 6) is 0.881. The Balaban J connectivity index is 2.04. The van der Waals surface area contributed by atoms with Gasteiger partial charge in [0, 0.05) is 9.75 Å². The molecule has 0 spiro atoms. The zero-order chi connectivity index (χ0) is 12.3. The van der Waals surface area contributed by atoms with E-state index in [-0.39, 0.29) is 5.38 Å². The van der Waals surface area contributed by atoms with Gasteiger partial charge in [-0.25, -0.2) is 0 Å². The number of aryl methyl sites for hydroxylation is 1. The molecule has 0 saturated carbocycles. The third-order valence-electron chi connectivity index (χ3n) is 2.64. The fraction of sp³-hybridized carbons (Fsp3) is 0.286. The minimum atomic E-state index is 0.0575. The third kappa shape index (κ3) is 3.24. The molecule has 1 aromatic heterocycles. The minimum Gasteiger partial charge on any atom is -0.497 e. The number of hydrogen-bond acceptors (Lipinski definition) is 2. The Hall–Kier alpha value is -0.990. The first-order valence-electron chi connectivity index (χ1n) is 5.52. The van der Waals surface area contributed by atoms with E-state index in [1.165, 1.54) is 15.3 Å². The summed E-state index contributed by atoms with van der Waals surface area (Å²) in [5, 5.41) is 0.0575. The summed E-state index contributed by atoms with van der Waals surface area (Å²) in [7, 11) is 1.67. The first-order chi connectivity index (χ1) is 8.19. The normalized spacial score (nSPS) is 12.4. The number of rotatable bonds is 4. The van der Waals surface area contributed by atoms with Crippen molar-refractivity contribution in [3.05, 3.63) is 51.7 Å². The number of halogens is 1. The van der Waals surface area contributed by atoms with Crippen molar-refractivity contribution < 1.29 is 4.74 Å². The maximum atomic E-state index is 6.41. The van der Waals surface area contributed by atoms with Gasteiger partial charge in [0.2, 0.25) is 0 Å². The number of hydrogen-bond donors (Lipinski definition) is 0.